The molecule has 1 aromatic carbocycles. The summed E-state index contributed by atoms with van der Waals surface area (Å²) in [6.45, 7) is 6.59. The quantitative estimate of drug-likeness (QED) is 0.707. The van der Waals surface area contributed by atoms with Crippen molar-refractivity contribution in [1.29, 1.82) is 0 Å². The molecule has 0 fully saturated rings. The Kier molecular flexibility index (Phi) is 4.28. The average Bonchev–Trinajstić information content (AvgIpc) is 2.76. The van der Waals surface area contributed by atoms with Gasteiger partial charge in [0.2, 0.25) is 0 Å². The molecule has 2 nitrogen and oxygen atoms in total. The van der Waals surface area contributed by atoms with E-state index in [1.807, 2.05) is 0 Å². The summed E-state index contributed by atoms with van der Waals surface area (Å²) in [6, 6.07) is 6.81. The molecule has 0 N–H and O–H groups in total. The number of para-hydroxylation sites is 1. The number of hydrogen-bond donors (Lipinski definition) is 0. The SMILES string of the molecule is CCCCC(C)n1c(CCl)nc2c(C)cccc21. The maximum Gasteiger partial charge on any atom is 0.125 e. The molecule has 0 saturated carbocycles. The Morgan fingerprint density at radius 2 is 2.17 bits per heavy atom. The highest BCUT2D eigenvalue weighted by atomic mass is 35.5. The van der Waals surface area contributed by atoms with Crippen LogP contribution in [-0.4, -0.2) is 9.55 Å². The van der Waals surface area contributed by atoms with Gasteiger partial charge in [-0.05, 0) is 31.9 Å². The first kappa shape index (κ1) is 13.4. The van der Waals surface area contributed by atoms with Crippen molar-refractivity contribution in [3.63, 3.8) is 0 Å². The Bertz CT molecular complexity index is 531. The summed E-state index contributed by atoms with van der Waals surface area (Å²) in [6.07, 6.45) is 3.65. The second kappa shape index (κ2) is 5.75. The van der Waals surface area contributed by atoms with Crippen LogP contribution < -0.4 is 0 Å². The van der Waals surface area contributed by atoms with Crippen LogP contribution >= 0.6 is 11.6 Å². The van der Waals surface area contributed by atoms with Crippen molar-refractivity contribution in [1.82, 2.24) is 9.55 Å². The maximum absolute atomic E-state index is 6.05. The van der Waals surface area contributed by atoms with E-state index in [9.17, 15) is 0 Å². The lowest BCUT2D eigenvalue weighted by Crippen LogP contribution is -2.08. The van der Waals surface area contributed by atoms with Crippen molar-refractivity contribution >= 4 is 22.6 Å². The van der Waals surface area contributed by atoms with Crippen LogP contribution in [0.1, 0.15) is 50.5 Å². The number of imidazole rings is 1. The third-order valence-corrected chi connectivity index (χ3v) is 3.77. The van der Waals surface area contributed by atoms with Crippen molar-refractivity contribution in [3.05, 3.63) is 29.6 Å². The summed E-state index contributed by atoms with van der Waals surface area (Å²) >= 11 is 6.05. The molecule has 3 heteroatoms. The van der Waals surface area contributed by atoms with Crippen LogP contribution in [0.25, 0.3) is 11.0 Å². The van der Waals surface area contributed by atoms with Gasteiger partial charge in [0.15, 0.2) is 0 Å². The Hall–Kier alpha value is -1.02. The summed E-state index contributed by atoms with van der Waals surface area (Å²) in [5.74, 6) is 1.47. The Labute approximate surface area is 114 Å². The van der Waals surface area contributed by atoms with E-state index < -0.39 is 0 Å². The fourth-order valence-corrected chi connectivity index (χ4v) is 2.71. The standard InChI is InChI=1S/C15H21ClN2/c1-4-5-8-12(3)18-13-9-6-7-11(2)15(13)17-14(18)10-16/h6-7,9,12H,4-5,8,10H2,1-3H3. The highest BCUT2D eigenvalue weighted by molar-refractivity contribution is 6.16. The molecular formula is C15H21ClN2. The Morgan fingerprint density at radius 3 is 2.83 bits per heavy atom. The van der Waals surface area contributed by atoms with E-state index in [1.165, 1.54) is 30.3 Å². The maximum atomic E-state index is 6.05. The number of unbranched alkanes of at least 4 members (excludes halogenated alkanes) is 1. The molecule has 18 heavy (non-hydrogen) atoms. The molecule has 98 valence electrons. The number of fused-ring (bicyclic) bond motifs is 1. The van der Waals surface area contributed by atoms with Crippen molar-refractivity contribution in [2.24, 2.45) is 0 Å². The van der Waals surface area contributed by atoms with E-state index in [1.54, 1.807) is 0 Å². The van der Waals surface area contributed by atoms with E-state index in [2.05, 4.69) is 43.5 Å². The van der Waals surface area contributed by atoms with Gasteiger partial charge in [-0.25, -0.2) is 4.98 Å². The number of aromatic nitrogens is 2. The topological polar surface area (TPSA) is 17.8 Å². The molecule has 0 aliphatic heterocycles. The molecule has 0 amide bonds. The largest absolute Gasteiger partial charge is 0.324 e. The van der Waals surface area contributed by atoms with Gasteiger partial charge in [-0.1, -0.05) is 31.9 Å². The van der Waals surface area contributed by atoms with E-state index in [0.717, 1.165) is 11.3 Å². The number of nitrogens with zero attached hydrogens (tertiary/aromatic N) is 2. The van der Waals surface area contributed by atoms with Gasteiger partial charge in [-0.3, -0.25) is 0 Å². The van der Waals surface area contributed by atoms with Crippen molar-refractivity contribution in [2.75, 3.05) is 0 Å². The second-order valence-electron chi connectivity index (χ2n) is 4.97. The molecule has 0 aliphatic carbocycles. The minimum atomic E-state index is 0.463. The molecule has 2 rings (SSSR count). The molecule has 0 saturated heterocycles. The smallest absolute Gasteiger partial charge is 0.125 e. The van der Waals surface area contributed by atoms with Crippen LogP contribution in [0.15, 0.2) is 18.2 Å². The highest BCUT2D eigenvalue weighted by Gasteiger charge is 2.15. The molecule has 1 aromatic heterocycles. The molecule has 1 unspecified atom stereocenters. The molecule has 2 aromatic rings. The first-order chi connectivity index (χ1) is 8.69. The zero-order valence-corrected chi connectivity index (χ0v) is 12.2. The van der Waals surface area contributed by atoms with Gasteiger partial charge in [-0.15, -0.1) is 11.6 Å². The zero-order chi connectivity index (χ0) is 13.1. The average molecular weight is 265 g/mol. The van der Waals surface area contributed by atoms with Crippen molar-refractivity contribution < 1.29 is 0 Å². The monoisotopic (exact) mass is 264 g/mol. The van der Waals surface area contributed by atoms with Crippen LogP contribution in [-0.2, 0) is 5.88 Å². The summed E-state index contributed by atoms with van der Waals surface area (Å²) in [5, 5.41) is 0. The fourth-order valence-electron chi connectivity index (χ4n) is 2.52. The zero-order valence-electron chi connectivity index (χ0n) is 11.4. The van der Waals surface area contributed by atoms with Gasteiger partial charge in [0.05, 0.1) is 16.9 Å². The van der Waals surface area contributed by atoms with Crippen molar-refractivity contribution in [3.8, 4) is 0 Å². The van der Waals surface area contributed by atoms with Crippen molar-refractivity contribution in [2.45, 2.75) is 52.0 Å². The summed E-state index contributed by atoms with van der Waals surface area (Å²) < 4.78 is 2.31. The summed E-state index contributed by atoms with van der Waals surface area (Å²) in [4.78, 5) is 4.69. The van der Waals surface area contributed by atoms with Crippen LogP contribution in [0, 0.1) is 6.92 Å². The minimum absolute atomic E-state index is 0.463. The first-order valence-electron chi connectivity index (χ1n) is 6.71. The van der Waals surface area contributed by atoms with Gasteiger partial charge in [0, 0.05) is 6.04 Å². The van der Waals surface area contributed by atoms with E-state index in [4.69, 9.17) is 16.6 Å². The molecule has 0 bridgehead atoms. The van der Waals surface area contributed by atoms with E-state index in [-0.39, 0.29) is 0 Å². The van der Waals surface area contributed by atoms with Crippen LogP contribution in [0.2, 0.25) is 0 Å². The normalized spacial score (nSPS) is 13.1. The summed E-state index contributed by atoms with van der Waals surface area (Å²) in [5.41, 5.74) is 3.53. The van der Waals surface area contributed by atoms with Crippen LogP contribution in [0.4, 0.5) is 0 Å². The molecule has 0 radical (unpaired) electrons. The molecule has 0 aliphatic rings. The lowest BCUT2D eigenvalue weighted by Gasteiger charge is -2.16. The van der Waals surface area contributed by atoms with Gasteiger partial charge in [-0.2, -0.15) is 0 Å². The molecular weight excluding hydrogens is 244 g/mol. The van der Waals surface area contributed by atoms with Crippen LogP contribution in [0.5, 0.6) is 0 Å². The van der Waals surface area contributed by atoms with Gasteiger partial charge in [0.1, 0.15) is 5.82 Å². The fraction of sp³-hybridized carbons (Fsp3) is 0.533. The predicted molar refractivity (Wildman–Crippen MR) is 78.3 cm³/mol. The lowest BCUT2D eigenvalue weighted by atomic mass is 10.1. The van der Waals surface area contributed by atoms with Crippen LogP contribution in [0.3, 0.4) is 0 Å². The van der Waals surface area contributed by atoms with Gasteiger partial charge >= 0.3 is 0 Å². The number of hydrogen-bond acceptors (Lipinski definition) is 1. The number of aryl methyl sites for hydroxylation is 1. The highest BCUT2D eigenvalue weighted by Crippen LogP contribution is 2.26. The Morgan fingerprint density at radius 1 is 1.39 bits per heavy atom. The predicted octanol–water partition coefficient (Wildman–Crippen LogP) is 4.83. The van der Waals surface area contributed by atoms with Gasteiger partial charge < -0.3 is 4.57 Å². The number of rotatable bonds is 5. The lowest BCUT2D eigenvalue weighted by molar-refractivity contribution is 0.485. The summed E-state index contributed by atoms with van der Waals surface area (Å²) in [7, 11) is 0. The van der Waals surface area contributed by atoms with E-state index >= 15 is 0 Å². The number of benzene rings is 1. The Balaban J connectivity index is 2.50. The molecule has 0 spiro atoms. The van der Waals surface area contributed by atoms with Gasteiger partial charge in [0.25, 0.3) is 0 Å². The van der Waals surface area contributed by atoms with E-state index in [0.29, 0.717) is 11.9 Å². The third kappa shape index (κ3) is 2.39. The first-order valence-corrected chi connectivity index (χ1v) is 7.24. The molecule has 1 heterocycles. The number of alkyl halides is 1. The minimum Gasteiger partial charge on any atom is -0.324 e. The molecule has 1 atom stereocenters. The number of halogens is 1. The second-order valence-corrected chi connectivity index (χ2v) is 5.23. The third-order valence-electron chi connectivity index (χ3n) is 3.53.